The van der Waals surface area contributed by atoms with Crippen LogP contribution in [0.15, 0.2) is 110 Å². The normalized spacial score (nSPS) is 9.91. The zero-order valence-electron chi connectivity index (χ0n) is 21.8. The predicted octanol–water partition coefficient (Wildman–Crippen LogP) is 8.48. The summed E-state index contributed by atoms with van der Waals surface area (Å²) in [5.74, 6) is -3.91. The number of hydrogen-bond donors (Lipinski definition) is 0. The van der Waals surface area contributed by atoms with Gasteiger partial charge in [-0.15, -0.1) is 42.0 Å². The van der Waals surface area contributed by atoms with Gasteiger partial charge in [-0.25, -0.2) is 8.78 Å². The molecule has 6 rings (SSSR count). The zero-order valence-corrected chi connectivity index (χ0v) is 24.2. The van der Waals surface area contributed by atoms with Crippen LogP contribution in [0.25, 0.3) is 33.8 Å². The summed E-state index contributed by atoms with van der Waals surface area (Å²) < 4.78 is 77.2. The second-order valence-corrected chi connectivity index (χ2v) is 8.29. The number of halogens is 6. The average molecular weight is 763 g/mol. The smallest absolute Gasteiger partial charge is 0.305 e. The van der Waals surface area contributed by atoms with E-state index in [0.29, 0.717) is 22.6 Å². The molecule has 0 spiro atoms. The van der Waals surface area contributed by atoms with Crippen molar-refractivity contribution in [1.29, 1.82) is 0 Å². The maximum absolute atomic E-state index is 13.2. The number of pyridine rings is 3. The van der Waals surface area contributed by atoms with E-state index in [2.05, 4.69) is 33.2 Å². The predicted molar refractivity (Wildman–Crippen MR) is 145 cm³/mol. The van der Waals surface area contributed by atoms with E-state index >= 15 is 0 Å². The Hall–Kier alpha value is -4.66. The van der Waals surface area contributed by atoms with E-state index in [1.807, 2.05) is 0 Å². The van der Waals surface area contributed by atoms with Crippen molar-refractivity contribution in [2.24, 2.45) is 0 Å². The second-order valence-electron chi connectivity index (χ2n) is 8.29. The zero-order chi connectivity index (χ0) is 29.9. The van der Waals surface area contributed by atoms with Crippen LogP contribution < -0.4 is 0 Å². The van der Waals surface area contributed by atoms with Crippen molar-refractivity contribution >= 4 is 0 Å². The second kappa shape index (κ2) is 16.1. The van der Waals surface area contributed by atoms with Crippen LogP contribution in [0.1, 0.15) is 0 Å². The molecule has 0 unspecified atom stereocenters. The minimum absolute atomic E-state index is 0. The van der Waals surface area contributed by atoms with Crippen LogP contribution >= 0.6 is 0 Å². The van der Waals surface area contributed by atoms with Gasteiger partial charge in [-0.3, -0.25) is 17.6 Å². The molecule has 0 amide bonds. The third-order valence-electron chi connectivity index (χ3n) is 5.30. The van der Waals surface area contributed by atoms with Crippen LogP contribution in [0, 0.1) is 53.1 Å². The summed E-state index contributed by atoms with van der Waals surface area (Å²) in [6, 6.07) is 28.6. The Morgan fingerprint density at radius 2 is 0.930 bits per heavy atom. The summed E-state index contributed by atoms with van der Waals surface area (Å²) in [6.45, 7) is 0. The van der Waals surface area contributed by atoms with Gasteiger partial charge >= 0.3 is 20.1 Å². The number of hydrogen-bond acceptors (Lipinski definition) is 3. The standard InChI is InChI=1S/3C11H6F2N.Ir/c2*12-8-4-5-9(10(13)7-8)11-3-1-2-6-14-11;12-9-5-8(6-10(13)7-9)11-3-1-2-4-14-11;/h2*1-4,6-7H;1-5,7H;/q3*-1;+3. The van der Waals surface area contributed by atoms with Gasteiger partial charge in [-0.1, -0.05) is 65.7 Å². The molecule has 6 aromatic rings. The molecule has 43 heavy (non-hydrogen) atoms. The molecule has 0 aliphatic carbocycles. The maximum Gasteiger partial charge on any atom is 3.00 e. The fourth-order valence-corrected chi connectivity index (χ4v) is 3.47. The van der Waals surface area contributed by atoms with Crippen molar-refractivity contribution < 1.29 is 46.4 Å². The first kappa shape index (κ1) is 32.8. The van der Waals surface area contributed by atoms with Gasteiger partial charge in [-0.05, 0) is 35.3 Å². The van der Waals surface area contributed by atoms with Crippen LogP contribution in [0.2, 0.25) is 0 Å². The fourth-order valence-electron chi connectivity index (χ4n) is 3.47. The first-order valence-corrected chi connectivity index (χ1v) is 12.2. The SMILES string of the molecule is Fc1[c-]c(-c2ccccn2)cc(F)c1.Fc1c[c-]c(-c2ccccn2)c(F)c1.Fc1c[c-]c(-c2ccccn2)c(F)c1.[Ir+3]. The monoisotopic (exact) mass is 763 g/mol. The summed E-state index contributed by atoms with van der Waals surface area (Å²) in [5, 5.41) is 0. The summed E-state index contributed by atoms with van der Waals surface area (Å²) in [5.41, 5.74) is 2.10. The molecule has 3 heterocycles. The van der Waals surface area contributed by atoms with Gasteiger partial charge in [0.1, 0.15) is 0 Å². The van der Waals surface area contributed by atoms with Crippen LogP contribution in [-0.4, -0.2) is 15.0 Å². The Morgan fingerprint density at radius 1 is 0.488 bits per heavy atom. The Balaban J connectivity index is 0.000000175. The summed E-state index contributed by atoms with van der Waals surface area (Å²) >= 11 is 0. The van der Waals surface area contributed by atoms with Crippen molar-refractivity contribution in [3.05, 3.63) is 163 Å². The van der Waals surface area contributed by atoms with E-state index in [9.17, 15) is 26.3 Å². The molecule has 3 nitrogen and oxygen atoms in total. The Kier molecular flexibility index (Phi) is 12.3. The molecule has 0 bridgehead atoms. The largest absolute Gasteiger partial charge is 3.00 e. The van der Waals surface area contributed by atoms with E-state index in [1.165, 1.54) is 6.07 Å². The van der Waals surface area contributed by atoms with Crippen molar-refractivity contribution in [2.75, 3.05) is 0 Å². The first-order chi connectivity index (χ1) is 20.3. The number of benzene rings is 3. The fraction of sp³-hybridized carbons (Fsp3) is 0. The number of aromatic nitrogens is 3. The van der Waals surface area contributed by atoms with Crippen LogP contribution in [-0.2, 0) is 20.1 Å². The van der Waals surface area contributed by atoms with Crippen molar-refractivity contribution in [2.45, 2.75) is 0 Å². The van der Waals surface area contributed by atoms with Crippen LogP contribution in [0.4, 0.5) is 26.3 Å². The van der Waals surface area contributed by atoms with Gasteiger partial charge in [-0.2, -0.15) is 0 Å². The molecule has 0 saturated heterocycles. The summed E-state index contributed by atoms with van der Waals surface area (Å²) in [7, 11) is 0. The van der Waals surface area contributed by atoms with Crippen molar-refractivity contribution in [3.8, 4) is 33.8 Å². The first-order valence-electron chi connectivity index (χ1n) is 12.2. The Labute approximate surface area is 257 Å². The third-order valence-corrected chi connectivity index (χ3v) is 5.30. The third kappa shape index (κ3) is 9.70. The summed E-state index contributed by atoms with van der Waals surface area (Å²) in [4.78, 5) is 11.9. The van der Waals surface area contributed by atoms with E-state index in [0.717, 1.165) is 30.3 Å². The maximum atomic E-state index is 13.2. The topological polar surface area (TPSA) is 38.7 Å². The number of rotatable bonds is 3. The molecule has 0 N–H and O–H groups in total. The van der Waals surface area contributed by atoms with Gasteiger partial charge in [0.05, 0.1) is 0 Å². The summed E-state index contributed by atoms with van der Waals surface area (Å²) in [6.07, 6.45) is 4.66. The molecule has 0 fully saturated rings. The van der Waals surface area contributed by atoms with E-state index in [-0.39, 0.29) is 31.2 Å². The van der Waals surface area contributed by atoms with Crippen molar-refractivity contribution in [1.82, 2.24) is 15.0 Å². The minimum atomic E-state index is -0.717. The van der Waals surface area contributed by atoms with Gasteiger partial charge < -0.3 is 15.0 Å². The van der Waals surface area contributed by atoms with Crippen LogP contribution in [0.3, 0.4) is 0 Å². The molecule has 3 aromatic heterocycles. The molecular formula is C33H18F6IrN3. The molecule has 10 heteroatoms. The Bertz CT molecular complexity index is 1630. The molecule has 0 aliphatic heterocycles. The van der Waals surface area contributed by atoms with Crippen molar-refractivity contribution in [3.63, 3.8) is 0 Å². The molecule has 216 valence electrons. The van der Waals surface area contributed by atoms with Crippen LogP contribution in [0.5, 0.6) is 0 Å². The average Bonchev–Trinajstić information content (AvgIpc) is 2.99. The van der Waals surface area contributed by atoms with E-state index < -0.39 is 34.9 Å². The quantitative estimate of drug-likeness (QED) is 0.134. The van der Waals surface area contributed by atoms with Gasteiger partial charge in [0.2, 0.25) is 0 Å². The minimum Gasteiger partial charge on any atom is -0.305 e. The molecular weight excluding hydrogens is 745 g/mol. The molecule has 3 aromatic carbocycles. The van der Waals surface area contributed by atoms with Gasteiger partial charge in [0.15, 0.2) is 0 Å². The molecule has 0 aliphatic rings. The molecule has 0 saturated carbocycles. The molecule has 0 atom stereocenters. The number of nitrogens with zero attached hydrogens (tertiary/aromatic N) is 3. The molecule has 0 radical (unpaired) electrons. The van der Waals surface area contributed by atoms with Gasteiger partial charge in [0.25, 0.3) is 0 Å². The van der Waals surface area contributed by atoms with E-state index in [4.69, 9.17) is 0 Å². The van der Waals surface area contributed by atoms with Gasteiger partial charge in [0, 0.05) is 53.5 Å². The Morgan fingerprint density at radius 3 is 1.30 bits per heavy atom. The van der Waals surface area contributed by atoms with E-state index in [1.54, 1.807) is 73.2 Å².